The first-order valence-electron chi connectivity index (χ1n) is 8.14. The number of esters is 1. The summed E-state index contributed by atoms with van der Waals surface area (Å²) in [5.41, 5.74) is 1.37. The minimum absolute atomic E-state index is 0.285. The van der Waals surface area contributed by atoms with Gasteiger partial charge in [0, 0.05) is 19.4 Å². The van der Waals surface area contributed by atoms with Gasteiger partial charge in [-0.2, -0.15) is 0 Å². The lowest BCUT2D eigenvalue weighted by atomic mass is 9.98. The fourth-order valence-electron chi connectivity index (χ4n) is 3.34. The van der Waals surface area contributed by atoms with Crippen molar-refractivity contribution in [2.75, 3.05) is 0 Å². The van der Waals surface area contributed by atoms with Gasteiger partial charge >= 0.3 is 5.97 Å². The zero-order chi connectivity index (χ0) is 16.7. The van der Waals surface area contributed by atoms with Gasteiger partial charge in [0.1, 0.15) is 5.82 Å². The van der Waals surface area contributed by atoms with E-state index in [1.807, 2.05) is 23.6 Å². The van der Waals surface area contributed by atoms with Crippen molar-refractivity contribution in [3.05, 3.63) is 47.0 Å². The Bertz CT molecular complexity index is 814. The Morgan fingerprint density at radius 2 is 2.21 bits per heavy atom. The van der Waals surface area contributed by atoms with E-state index < -0.39 is 12.1 Å². The third-order valence-electron chi connectivity index (χ3n) is 4.57. The number of rotatable bonds is 3. The van der Waals surface area contributed by atoms with E-state index in [2.05, 4.69) is 15.5 Å². The minimum atomic E-state index is -0.809. The van der Waals surface area contributed by atoms with Crippen molar-refractivity contribution in [3.8, 4) is 0 Å². The van der Waals surface area contributed by atoms with E-state index in [0.29, 0.717) is 12.0 Å². The topological polar surface area (TPSA) is 86.1 Å². The molecule has 2 atom stereocenters. The summed E-state index contributed by atoms with van der Waals surface area (Å²) in [5.74, 6) is 0.955. The van der Waals surface area contributed by atoms with Crippen LogP contribution in [0.3, 0.4) is 0 Å². The average Bonchev–Trinajstić information content (AvgIpc) is 3.17. The van der Waals surface area contributed by atoms with Gasteiger partial charge in [-0.3, -0.25) is 4.79 Å². The maximum atomic E-state index is 12.5. The molecule has 0 saturated carbocycles. The van der Waals surface area contributed by atoms with Gasteiger partial charge in [-0.05, 0) is 25.0 Å². The molecule has 1 aromatic carbocycles. The van der Waals surface area contributed by atoms with Crippen molar-refractivity contribution in [1.29, 1.82) is 0 Å². The van der Waals surface area contributed by atoms with E-state index in [9.17, 15) is 9.59 Å². The van der Waals surface area contributed by atoms with E-state index in [0.717, 1.165) is 36.6 Å². The van der Waals surface area contributed by atoms with E-state index in [1.165, 1.54) is 0 Å². The Kier molecular flexibility index (Phi) is 3.55. The standard InChI is InChI=1S/C17H18N4O3/c1-10(15-20-19-14-7-4-8-21(14)15)18-16(22)13-9-11-5-2-3-6-12(11)17(23)24-13/h2-3,5-6,10,13H,4,7-9H2,1H3,(H,18,22)/t10-,13+/m1/s1. The number of hydrogen-bond donors (Lipinski definition) is 1. The van der Waals surface area contributed by atoms with Crippen molar-refractivity contribution < 1.29 is 14.3 Å². The first-order chi connectivity index (χ1) is 11.6. The molecule has 0 unspecified atom stereocenters. The largest absolute Gasteiger partial charge is 0.448 e. The number of hydrogen-bond acceptors (Lipinski definition) is 5. The number of carbonyl (C=O) groups is 2. The Morgan fingerprint density at radius 1 is 1.38 bits per heavy atom. The summed E-state index contributed by atoms with van der Waals surface area (Å²) in [6, 6.07) is 6.93. The molecule has 0 fully saturated rings. The number of fused-ring (bicyclic) bond motifs is 2. The molecular weight excluding hydrogens is 308 g/mol. The van der Waals surface area contributed by atoms with Crippen LogP contribution >= 0.6 is 0 Å². The molecule has 0 spiro atoms. The summed E-state index contributed by atoms with van der Waals surface area (Å²) in [7, 11) is 0. The SMILES string of the molecule is C[C@@H](NC(=O)[C@@H]1Cc2ccccc2C(=O)O1)c1nnc2n1CCC2. The van der Waals surface area contributed by atoms with Gasteiger partial charge in [-0.1, -0.05) is 18.2 Å². The van der Waals surface area contributed by atoms with Crippen LogP contribution in [-0.2, 0) is 28.9 Å². The fourth-order valence-corrected chi connectivity index (χ4v) is 3.34. The molecular formula is C17H18N4O3. The fraction of sp³-hybridized carbons (Fsp3) is 0.412. The lowest BCUT2D eigenvalue weighted by Gasteiger charge is -2.25. The highest BCUT2D eigenvalue weighted by Crippen LogP contribution is 2.22. The number of ether oxygens (including phenoxy) is 1. The Labute approximate surface area is 139 Å². The summed E-state index contributed by atoms with van der Waals surface area (Å²) in [6.45, 7) is 2.75. The second-order valence-corrected chi connectivity index (χ2v) is 6.22. The summed E-state index contributed by atoms with van der Waals surface area (Å²) in [5, 5.41) is 11.2. The normalized spacial score (nSPS) is 20.0. The summed E-state index contributed by atoms with van der Waals surface area (Å²) >= 11 is 0. The summed E-state index contributed by atoms with van der Waals surface area (Å²) in [6.07, 6.45) is 1.55. The molecule has 3 heterocycles. The third-order valence-corrected chi connectivity index (χ3v) is 4.57. The van der Waals surface area contributed by atoms with Gasteiger partial charge in [-0.25, -0.2) is 4.79 Å². The van der Waals surface area contributed by atoms with Crippen LogP contribution in [0, 0.1) is 0 Å². The molecule has 4 rings (SSSR count). The number of nitrogens with one attached hydrogen (secondary N) is 1. The predicted octanol–water partition coefficient (Wildman–Crippen LogP) is 1.18. The van der Waals surface area contributed by atoms with Gasteiger partial charge in [0.25, 0.3) is 5.91 Å². The molecule has 0 saturated heterocycles. The number of cyclic esters (lactones) is 1. The van der Waals surface area contributed by atoms with Crippen LogP contribution < -0.4 is 5.32 Å². The first-order valence-corrected chi connectivity index (χ1v) is 8.14. The van der Waals surface area contributed by atoms with Gasteiger partial charge in [0.2, 0.25) is 0 Å². The van der Waals surface area contributed by atoms with Gasteiger partial charge in [-0.15, -0.1) is 10.2 Å². The first kappa shape index (κ1) is 14.9. The smallest absolute Gasteiger partial charge is 0.339 e. The zero-order valence-corrected chi connectivity index (χ0v) is 13.4. The average molecular weight is 326 g/mol. The van der Waals surface area contributed by atoms with Crippen molar-refractivity contribution in [3.63, 3.8) is 0 Å². The molecule has 0 radical (unpaired) electrons. The van der Waals surface area contributed by atoms with Gasteiger partial charge in [0.15, 0.2) is 11.9 Å². The van der Waals surface area contributed by atoms with Crippen LogP contribution in [0.2, 0.25) is 0 Å². The maximum Gasteiger partial charge on any atom is 0.339 e. The van der Waals surface area contributed by atoms with Gasteiger partial charge in [0.05, 0.1) is 11.6 Å². The Morgan fingerprint density at radius 3 is 3.08 bits per heavy atom. The quantitative estimate of drug-likeness (QED) is 0.856. The van der Waals surface area contributed by atoms with E-state index in [1.54, 1.807) is 12.1 Å². The molecule has 1 N–H and O–H groups in total. The zero-order valence-electron chi connectivity index (χ0n) is 13.4. The number of benzene rings is 1. The number of nitrogens with zero attached hydrogens (tertiary/aromatic N) is 3. The lowest BCUT2D eigenvalue weighted by Crippen LogP contribution is -2.43. The van der Waals surface area contributed by atoms with E-state index in [4.69, 9.17) is 4.74 Å². The number of amides is 1. The molecule has 1 aromatic heterocycles. The molecule has 2 aliphatic rings. The maximum absolute atomic E-state index is 12.5. The summed E-state index contributed by atoms with van der Waals surface area (Å²) in [4.78, 5) is 24.6. The number of aromatic nitrogens is 3. The molecule has 7 nitrogen and oxygen atoms in total. The molecule has 1 amide bonds. The van der Waals surface area contributed by atoms with Crippen LogP contribution in [0.5, 0.6) is 0 Å². The molecule has 0 aliphatic carbocycles. The lowest BCUT2D eigenvalue weighted by molar-refractivity contribution is -0.131. The predicted molar refractivity (Wildman–Crippen MR) is 84.3 cm³/mol. The van der Waals surface area contributed by atoms with Gasteiger partial charge < -0.3 is 14.6 Å². The molecule has 124 valence electrons. The summed E-state index contributed by atoms with van der Waals surface area (Å²) < 4.78 is 7.34. The van der Waals surface area contributed by atoms with Crippen molar-refractivity contribution in [1.82, 2.24) is 20.1 Å². The second kappa shape index (κ2) is 5.74. The van der Waals surface area contributed by atoms with E-state index >= 15 is 0 Å². The van der Waals surface area contributed by atoms with E-state index in [-0.39, 0.29) is 11.9 Å². The molecule has 7 heteroatoms. The molecule has 2 aromatic rings. The Balaban J connectivity index is 1.48. The highest BCUT2D eigenvalue weighted by atomic mass is 16.5. The van der Waals surface area contributed by atoms with Crippen molar-refractivity contribution in [2.24, 2.45) is 0 Å². The van der Waals surface area contributed by atoms with Crippen LogP contribution in [-0.4, -0.2) is 32.7 Å². The molecule has 24 heavy (non-hydrogen) atoms. The highest BCUT2D eigenvalue weighted by molar-refractivity contribution is 5.95. The minimum Gasteiger partial charge on any atom is -0.448 e. The van der Waals surface area contributed by atoms with Crippen molar-refractivity contribution >= 4 is 11.9 Å². The molecule has 0 bridgehead atoms. The van der Waals surface area contributed by atoms with Crippen molar-refractivity contribution in [2.45, 2.75) is 44.9 Å². The second-order valence-electron chi connectivity index (χ2n) is 6.22. The molecule has 2 aliphatic heterocycles. The third kappa shape index (κ3) is 2.46. The van der Waals surface area contributed by atoms with Crippen LogP contribution in [0.4, 0.5) is 0 Å². The number of aryl methyl sites for hydroxylation is 1. The van der Waals surface area contributed by atoms with Crippen LogP contribution in [0.25, 0.3) is 0 Å². The van der Waals surface area contributed by atoms with Crippen LogP contribution in [0.15, 0.2) is 24.3 Å². The Hall–Kier alpha value is -2.70. The number of carbonyl (C=O) groups excluding carboxylic acids is 2. The highest BCUT2D eigenvalue weighted by Gasteiger charge is 2.32. The monoisotopic (exact) mass is 326 g/mol. The van der Waals surface area contributed by atoms with Crippen LogP contribution in [0.1, 0.15) is 47.0 Å².